The zero-order valence-corrected chi connectivity index (χ0v) is 22.1. The van der Waals surface area contributed by atoms with Crippen LogP contribution in [-0.2, 0) is 17.7 Å². The van der Waals surface area contributed by atoms with Crippen LogP contribution in [-0.4, -0.2) is 75.5 Å². The van der Waals surface area contributed by atoms with E-state index < -0.39 is 6.03 Å². The highest BCUT2D eigenvalue weighted by Gasteiger charge is 2.29. The van der Waals surface area contributed by atoms with Crippen LogP contribution in [0.1, 0.15) is 18.2 Å². The number of nitrogens with zero attached hydrogens (tertiary/aromatic N) is 7. The van der Waals surface area contributed by atoms with Crippen molar-refractivity contribution in [2.75, 3.05) is 48.5 Å². The van der Waals surface area contributed by atoms with Gasteiger partial charge in [0.05, 0.1) is 31.5 Å². The molecular formula is C25H30N10O2S. The molecule has 3 aromatic rings. The van der Waals surface area contributed by atoms with Gasteiger partial charge < -0.3 is 19.9 Å². The molecule has 0 spiro atoms. The smallest absolute Gasteiger partial charge is 0.337 e. The molecule has 0 saturated carbocycles. The fraction of sp³-hybridized carbons (Fsp3) is 0.360. The zero-order chi connectivity index (χ0) is 26.6. The summed E-state index contributed by atoms with van der Waals surface area (Å²) in [6.45, 7) is 5.66. The van der Waals surface area contributed by atoms with Crippen molar-refractivity contribution in [1.82, 2.24) is 30.3 Å². The molecule has 5 rings (SSSR count). The van der Waals surface area contributed by atoms with Gasteiger partial charge in [-0.05, 0) is 55.9 Å². The number of hydrogen-bond donors (Lipinski definition) is 3. The summed E-state index contributed by atoms with van der Waals surface area (Å²) in [5.74, 6) is 7.72. The summed E-state index contributed by atoms with van der Waals surface area (Å²) in [7, 11) is 1.43. The molecule has 1 aromatic carbocycles. The Morgan fingerprint density at radius 2 is 1.95 bits per heavy atom. The van der Waals surface area contributed by atoms with E-state index in [4.69, 9.17) is 32.8 Å². The molecule has 0 unspecified atom stereocenters. The maximum absolute atomic E-state index is 11.7. The highest BCUT2D eigenvalue weighted by molar-refractivity contribution is 7.80. The summed E-state index contributed by atoms with van der Waals surface area (Å²) in [5.41, 5.74) is 3.72. The van der Waals surface area contributed by atoms with Crippen molar-refractivity contribution in [1.29, 1.82) is 0 Å². The number of carbonyl (C=O) groups is 1. The summed E-state index contributed by atoms with van der Waals surface area (Å²) in [6, 6.07) is 9.10. The second kappa shape index (κ2) is 11.2. The predicted octanol–water partition coefficient (Wildman–Crippen LogP) is 1.93. The zero-order valence-electron chi connectivity index (χ0n) is 21.3. The van der Waals surface area contributed by atoms with Crippen LogP contribution in [0, 0.1) is 0 Å². The average molecular weight is 535 g/mol. The third-order valence-electron chi connectivity index (χ3n) is 6.46. The largest absolute Gasteiger partial charge is 0.377 e. The Morgan fingerprint density at radius 3 is 2.66 bits per heavy atom. The summed E-state index contributed by atoms with van der Waals surface area (Å²) in [4.78, 5) is 35.1. The minimum atomic E-state index is -0.513. The van der Waals surface area contributed by atoms with Crippen molar-refractivity contribution in [3.63, 3.8) is 0 Å². The van der Waals surface area contributed by atoms with Gasteiger partial charge in [-0.25, -0.2) is 30.6 Å². The van der Waals surface area contributed by atoms with Crippen LogP contribution >= 0.6 is 12.2 Å². The number of carbonyl (C=O) groups excluding carboxylic acids is 1. The summed E-state index contributed by atoms with van der Waals surface area (Å²) >= 11 is 5.20. The van der Waals surface area contributed by atoms with E-state index in [0.29, 0.717) is 37.2 Å². The minimum Gasteiger partial charge on any atom is -0.377 e. The van der Waals surface area contributed by atoms with E-state index in [1.54, 1.807) is 12.4 Å². The van der Waals surface area contributed by atoms with E-state index in [9.17, 15) is 4.79 Å². The van der Waals surface area contributed by atoms with Crippen molar-refractivity contribution < 1.29 is 9.53 Å². The minimum absolute atomic E-state index is 0.150. The second-order valence-electron chi connectivity index (χ2n) is 9.21. The topological polar surface area (TPSA) is 138 Å². The van der Waals surface area contributed by atoms with Gasteiger partial charge in [0.1, 0.15) is 5.82 Å². The number of ether oxygens (including phenoxy) is 1. The van der Waals surface area contributed by atoms with Gasteiger partial charge in [-0.15, -0.1) is 0 Å². The number of aromatic nitrogens is 4. The summed E-state index contributed by atoms with van der Waals surface area (Å²) in [5, 5.41) is 6.55. The van der Waals surface area contributed by atoms with E-state index in [0.717, 1.165) is 41.6 Å². The molecule has 1 fully saturated rings. The Bertz CT molecular complexity index is 1310. The van der Waals surface area contributed by atoms with Gasteiger partial charge in [0.2, 0.25) is 5.95 Å². The lowest BCUT2D eigenvalue weighted by atomic mass is 10.0. The number of benzene rings is 1. The SMILES string of the molecule is C[C@H]1COCCN1c1nc(-c2ccc(NC(=S)NC(=O)N(C)N)cc2)nc2c1CCN(c1ncccn1)C2. The molecule has 2 amide bonds. The van der Waals surface area contributed by atoms with Crippen LogP contribution in [0.3, 0.4) is 0 Å². The molecule has 2 aliphatic rings. The maximum atomic E-state index is 11.7. The normalized spacial score (nSPS) is 17.0. The molecule has 2 aliphatic heterocycles. The van der Waals surface area contributed by atoms with Crippen LogP contribution in [0.5, 0.6) is 0 Å². The van der Waals surface area contributed by atoms with Crippen molar-refractivity contribution in [2.45, 2.75) is 25.9 Å². The molecule has 0 radical (unpaired) electrons. The molecule has 38 heavy (non-hydrogen) atoms. The van der Waals surface area contributed by atoms with Crippen molar-refractivity contribution in [3.8, 4) is 11.4 Å². The predicted molar refractivity (Wildman–Crippen MR) is 149 cm³/mol. The van der Waals surface area contributed by atoms with Crippen LogP contribution < -0.4 is 26.3 Å². The van der Waals surface area contributed by atoms with Crippen LogP contribution in [0.15, 0.2) is 42.7 Å². The quantitative estimate of drug-likeness (QED) is 0.196. The number of urea groups is 1. The number of anilines is 3. The number of rotatable bonds is 4. The Kier molecular flexibility index (Phi) is 7.58. The number of thiocarbonyl (C=S) groups is 1. The van der Waals surface area contributed by atoms with Gasteiger partial charge in [0.25, 0.3) is 0 Å². The highest BCUT2D eigenvalue weighted by Crippen LogP contribution is 2.32. The van der Waals surface area contributed by atoms with Crippen LogP contribution in [0.25, 0.3) is 11.4 Å². The lowest BCUT2D eigenvalue weighted by molar-refractivity contribution is 0.0984. The fourth-order valence-corrected chi connectivity index (χ4v) is 4.70. The molecule has 4 heterocycles. The number of morpholine rings is 1. The number of nitrogens with two attached hydrogens (primary N) is 1. The molecule has 12 nitrogen and oxygen atoms in total. The third-order valence-corrected chi connectivity index (χ3v) is 6.66. The molecule has 13 heteroatoms. The van der Waals surface area contributed by atoms with Gasteiger partial charge in [-0.1, -0.05) is 0 Å². The van der Waals surface area contributed by atoms with Gasteiger partial charge in [-0.2, -0.15) is 0 Å². The first-order valence-electron chi connectivity index (χ1n) is 12.4. The van der Waals surface area contributed by atoms with Gasteiger partial charge in [0, 0.05) is 49.3 Å². The third kappa shape index (κ3) is 5.64. The molecule has 2 aromatic heterocycles. The van der Waals surface area contributed by atoms with Crippen molar-refractivity contribution >= 4 is 40.8 Å². The molecular weight excluding hydrogens is 504 g/mol. The monoisotopic (exact) mass is 534 g/mol. The number of fused-ring (bicyclic) bond motifs is 1. The first kappa shape index (κ1) is 25.7. The second-order valence-corrected chi connectivity index (χ2v) is 9.61. The van der Waals surface area contributed by atoms with E-state index in [1.807, 2.05) is 30.3 Å². The van der Waals surface area contributed by atoms with Gasteiger partial charge >= 0.3 is 6.03 Å². The molecule has 4 N–H and O–H groups in total. The number of hydrogen-bond acceptors (Lipinski definition) is 10. The van der Waals surface area contributed by atoms with E-state index in [-0.39, 0.29) is 11.2 Å². The molecule has 0 aliphatic carbocycles. The lowest BCUT2D eigenvalue weighted by Crippen LogP contribution is -2.45. The van der Waals surface area contributed by atoms with E-state index >= 15 is 0 Å². The van der Waals surface area contributed by atoms with Gasteiger partial charge in [-0.3, -0.25) is 10.3 Å². The molecule has 0 bridgehead atoms. The van der Waals surface area contributed by atoms with Crippen LogP contribution in [0.4, 0.5) is 22.2 Å². The average Bonchev–Trinajstić information content (AvgIpc) is 2.93. The summed E-state index contributed by atoms with van der Waals surface area (Å²) < 4.78 is 5.69. The molecule has 1 atom stereocenters. The molecule has 1 saturated heterocycles. The summed E-state index contributed by atoms with van der Waals surface area (Å²) in [6.07, 6.45) is 4.31. The fourth-order valence-electron chi connectivity index (χ4n) is 4.49. The lowest BCUT2D eigenvalue weighted by Gasteiger charge is -2.37. The Balaban J connectivity index is 1.44. The Hall–Kier alpha value is -3.94. The standard InChI is InChI=1S/C25H30N10O2S/c1-16-15-37-13-12-35(16)22-19-8-11-34(23-27-9-3-10-28-23)14-20(19)30-21(31-22)17-4-6-18(7-5-17)29-24(38)32-25(36)33(2)26/h3-7,9-10,16H,8,11-15,26H2,1-2H3,(H2,29,32,36,38)/t16-/m0/s1. The number of amides is 2. The first-order chi connectivity index (χ1) is 18.4. The Labute approximate surface area is 226 Å². The van der Waals surface area contributed by atoms with E-state index in [1.165, 1.54) is 12.6 Å². The van der Waals surface area contributed by atoms with Crippen molar-refractivity contribution in [2.24, 2.45) is 5.84 Å². The molecule has 198 valence electrons. The first-order valence-corrected chi connectivity index (χ1v) is 12.8. The highest BCUT2D eigenvalue weighted by atomic mass is 32.1. The number of hydrazine groups is 1. The van der Waals surface area contributed by atoms with E-state index in [2.05, 4.69) is 37.3 Å². The number of nitrogens with one attached hydrogen (secondary N) is 2. The Morgan fingerprint density at radius 1 is 1.18 bits per heavy atom. The van der Waals surface area contributed by atoms with Gasteiger partial charge in [0.15, 0.2) is 10.9 Å². The maximum Gasteiger partial charge on any atom is 0.337 e. The van der Waals surface area contributed by atoms with Crippen molar-refractivity contribution in [3.05, 3.63) is 54.0 Å². The van der Waals surface area contributed by atoms with Crippen LogP contribution in [0.2, 0.25) is 0 Å².